The highest BCUT2D eigenvalue weighted by Gasteiger charge is 2.33. The Morgan fingerprint density at radius 3 is 2.62 bits per heavy atom. The van der Waals surface area contributed by atoms with E-state index in [2.05, 4.69) is 10.3 Å². The summed E-state index contributed by atoms with van der Waals surface area (Å²) in [6.45, 7) is 2.04. The zero-order valence-electron chi connectivity index (χ0n) is 18.5. The molecule has 1 aliphatic carbocycles. The smallest absolute Gasteiger partial charge is 0.253 e. The first-order valence-electron chi connectivity index (χ1n) is 11.6. The summed E-state index contributed by atoms with van der Waals surface area (Å²) in [5.41, 5.74) is 3.16. The van der Waals surface area contributed by atoms with Crippen LogP contribution in [0, 0.1) is 5.92 Å². The number of ether oxygens (including phenoxy) is 1. The van der Waals surface area contributed by atoms with E-state index in [1.165, 1.54) is 0 Å². The van der Waals surface area contributed by atoms with Crippen LogP contribution in [0.25, 0.3) is 0 Å². The predicted octanol–water partition coefficient (Wildman–Crippen LogP) is 4.11. The van der Waals surface area contributed by atoms with Gasteiger partial charge in [-0.1, -0.05) is 6.07 Å². The number of nitrogens with one attached hydrogen (secondary N) is 1. The van der Waals surface area contributed by atoms with Crippen LogP contribution in [-0.4, -0.2) is 48.0 Å². The molecule has 168 valence electrons. The highest BCUT2D eigenvalue weighted by molar-refractivity contribution is 6.03. The maximum Gasteiger partial charge on any atom is 0.253 e. The maximum atomic E-state index is 13.8. The van der Waals surface area contributed by atoms with Crippen molar-refractivity contribution in [3.8, 4) is 0 Å². The molecule has 0 atom stereocenters. The van der Waals surface area contributed by atoms with Gasteiger partial charge in [-0.3, -0.25) is 9.59 Å². The van der Waals surface area contributed by atoms with Gasteiger partial charge in [-0.25, -0.2) is 4.98 Å². The number of nitrogens with zero attached hydrogens (tertiary/aromatic N) is 3. The number of anilines is 3. The van der Waals surface area contributed by atoms with Crippen LogP contribution in [0.4, 0.5) is 17.2 Å². The minimum absolute atomic E-state index is 0.0367. The fourth-order valence-corrected chi connectivity index (χ4v) is 5.12. The highest BCUT2D eigenvalue weighted by Crippen LogP contribution is 2.38. The second kappa shape index (κ2) is 8.90. The molecule has 0 bridgehead atoms. The van der Waals surface area contributed by atoms with Gasteiger partial charge >= 0.3 is 0 Å². The number of aromatic nitrogens is 1. The van der Waals surface area contributed by atoms with Crippen LogP contribution in [0.2, 0.25) is 0 Å². The van der Waals surface area contributed by atoms with Gasteiger partial charge in [-0.15, -0.1) is 0 Å². The molecular formula is C25H30N4O3. The number of hydrogen-bond acceptors (Lipinski definition) is 5. The van der Waals surface area contributed by atoms with Crippen LogP contribution in [0.3, 0.4) is 0 Å². The second-order valence-corrected chi connectivity index (χ2v) is 9.00. The van der Waals surface area contributed by atoms with Gasteiger partial charge in [-0.2, -0.15) is 0 Å². The maximum absolute atomic E-state index is 13.8. The van der Waals surface area contributed by atoms with E-state index in [1.807, 2.05) is 40.1 Å². The lowest BCUT2D eigenvalue weighted by atomic mass is 9.86. The molecular weight excluding hydrogens is 404 g/mol. The van der Waals surface area contributed by atoms with E-state index >= 15 is 0 Å². The Kier molecular flexibility index (Phi) is 5.83. The van der Waals surface area contributed by atoms with Crippen molar-refractivity contribution in [1.82, 2.24) is 9.88 Å². The van der Waals surface area contributed by atoms with Gasteiger partial charge in [0.05, 0.1) is 24.0 Å². The quantitative estimate of drug-likeness (QED) is 0.787. The van der Waals surface area contributed by atoms with Crippen LogP contribution < -0.4 is 10.2 Å². The normalized spacial score (nSPS) is 22.5. The van der Waals surface area contributed by atoms with Gasteiger partial charge in [0.25, 0.3) is 5.91 Å². The molecule has 3 aliphatic rings. The Labute approximate surface area is 188 Å². The molecule has 32 heavy (non-hydrogen) atoms. The third kappa shape index (κ3) is 3.97. The third-order valence-corrected chi connectivity index (χ3v) is 7.02. The molecule has 1 aromatic heterocycles. The first-order chi connectivity index (χ1) is 15.6. The average Bonchev–Trinajstić information content (AvgIpc) is 3.32. The molecule has 0 unspecified atom stereocenters. The monoisotopic (exact) mass is 434 g/mol. The number of carbonyl (C=O) groups is 2. The molecule has 1 N–H and O–H groups in total. The van der Waals surface area contributed by atoms with Crippen molar-refractivity contribution in [2.24, 2.45) is 5.92 Å². The minimum atomic E-state index is -0.0367. The summed E-state index contributed by atoms with van der Waals surface area (Å²) < 4.78 is 5.49. The van der Waals surface area contributed by atoms with E-state index in [1.54, 1.807) is 13.3 Å². The standard InChI is InChI=1S/C25H30N4O3/c1-32-20-9-6-17(7-10-20)25(31)29-16-19-5-4-12-26-23(19)27-21-11-8-18(15-22(21)29)24(30)28-13-2-3-14-28/h4-5,8,11-12,15,17,20H,2-3,6-7,9-10,13-14,16H2,1H3,(H,26,27). The molecule has 1 saturated carbocycles. The molecule has 2 aromatic rings. The number of amides is 2. The summed E-state index contributed by atoms with van der Waals surface area (Å²) in [4.78, 5) is 35.1. The van der Waals surface area contributed by atoms with Crippen LogP contribution in [-0.2, 0) is 16.1 Å². The number of methoxy groups -OCH3 is 1. The van der Waals surface area contributed by atoms with Gasteiger partial charge in [0.1, 0.15) is 5.82 Å². The molecule has 1 saturated heterocycles. The first kappa shape index (κ1) is 20.9. The summed E-state index contributed by atoms with van der Waals surface area (Å²) in [5.74, 6) is 0.874. The van der Waals surface area contributed by atoms with Crippen molar-refractivity contribution in [2.45, 2.75) is 51.2 Å². The number of carbonyl (C=O) groups excluding carboxylic acids is 2. The Morgan fingerprint density at radius 1 is 1.09 bits per heavy atom. The number of rotatable bonds is 3. The van der Waals surface area contributed by atoms with Crippen LogP contribution in [0.5, 0.6) is 0 Å². The molecule has 2 aliphatic heterocycles. The first-order valence-corrected chi connectivity index (χ1v) is 11.6. The lowest BCUT2D eigenvalue weighted by Gasteiger charge is -2.32. The van der Waals surface area contributed by atoms with Crippen molar-refractivity contribution in [3.63, 3.8) is 0 Å². The molecule has 0 radical (unpaired) electrons. The zero-order valence-corrected chi connectivity index (χ0v) is 18.5. The molecule has 2 fully saturated rings. The van der Waals surface area contributed by atoms with E-state index in [4.69, 9.17) is 4.74 Å². The lowest BCUT2D eigenvalue weighted by Crippen LogP contribution is -2.38. The van der Waals surface area contributed by atoms with Crippen molar-refractivity contribution in [2.75, 3.05) is 30.4 Å². The summed E-state index contributed by atoms with van der Waals surface area (Å²) in [6, 6.07) is 9.54. The second-order valence-electron chi connectivity index (χ2n) is 9.00. The van der Waals surface area contributed by atoms with Gasteiger partial charge < -0.3 is 19.9 Å². The molecule has 7 heteroatoms. The third-order valence-electron chi connectivity index (χ3n) is 7.02. The van der Waals surface area contributed by atoms with Crippen molar-refractivity contribution < 1.29 is 14.3 Å². The van der Waals surface area contributed by atoms with Gasteiger partial charge in [-0.05, 0) is 62.8 Å². The Bertz CT molecular complexity index is 1010. The van der Waals surface area contributed by atoms with Crippen molar-refractivity contribution in [1.29, 1.82) is 0 Å². The number of likely N-dealkylation sites (tertiary alicyclic amines) is 1. The SMILES string of the molecule is COC1CCC(C(=O)N2Cc3cccnc3Nc3ccc(C(=O)N4CCCC4)cc32)CC1. The highest BCUT2D eigenvalue weighted by atomic mass is 16.5. The molecule has 3 heterocycles. The predicted molar refractivity (Wildman–Crippen MR) is 123 cm³/mol. The van der Waals surface area contributed by atoms with Crippen LogP contribution >= 0.6 is 0 Å². The number of pyridine rings is 1. The Hall–Kier alpha value is -2.93. The van der Waals surface area contributed by atoms with Crippen molar-refractivity contribution in [3.05, 3.63) is 47.7 Å². The van der Waals surface area contributed by atoms with Crippen LogP contribution in [0.15, 0.2) is 36.5 Å². The Morgan fingerprint density at radius 2 is 1.88 bits per heavy atom. The summed E-state index contributed by atoms with van der Waals surface area (Å²) in [5, 5.41) is 3.39. The summed E-state index contributed by atoms with van der Waals surface area (Å²) >= 11 is 0. The molecule has 0 spiro atoms. The fourth-order valence-electron chi connectivity index (χ4n) is 5.12. The topological polar surface area (TPSA) is 74.8 Å². The number of benzene rings is 1. The largest absolute Gasteiger partial charge is 0.381 e. The van der Waals surface area contributed by atoms with E-state index in [0.717, 1.165) is 74.4 Å². The summed E-state index contributed by atoms with van der Waals surface area (Å²) in [6.07, 6.45) is 7.54. The zero-order chi connectivity index (χ0) is 22.1. The lowest BCUT2D eigenvalue weighted by molar-refractivity contribution is -0.124. The van der Waals surface area contributed by atoms with E-state index in [0.29, 0.717) is 12.1 Å². The number of fused-ring (bicyclic) bond motifs is 2. The molecule has 1 aromatic carbocycles. The van der Waals surface area contributed by atoms with Gasteiger partial charge in [0.2, 0.25) is 5.91 Å². The van der Waals surface area contributed by atoms with E-state index in [9.17, 15) is 9.59 Å². The van der Waals surface area contributed by atoms with Crippen molar-refractivity contribution >= 4 is 29.0 Å². The minimum Gasteiger partial charge on any atom is -0.381 e. The van der Waals surface area contributed by atoms with E-state index in [-0.39, 0.29) is 23.8 Å². The molecule has 5 rings (SSSR count). The fraction of sp³-hybridized carbons (Fsp3) is 0.480. The molecule has 2 amide bonds. The number of hydrogen-bond donors (Lipinski definition) is 1. The average molecular weight is 435 g/mol. The Balaban J connectivity index is 1.49. The van der Waals surface area contributed by atoms with Gasteiger partial charge in [0.15, 0.2) is 0 Å². The van der Waals surface area contributed by atoms with Crippen LogP contribution in [0.1, 0.15) is 54.4 Å². The van der Waals surface area contributed by atoms with Gasteiger partial charge in [0, 0.05) is 43.4 Å². The molecule has 7 nitrogen and oxygen atoms in total. The summed E-state index contributed by atoms with van der Waals surface area (Å²) in [7, 11) is 1.74. The van der Waals surface area contributed by atoms with E-state index < -0.39 is 0 Å².